The molecule has 3 heterocycles. The SMILES string of the molecule is C[C@@H]1[C@H](C)Oc2c3c(c4c(-c5ccccc5)cc(=O)oc4c2[C@@H]1O)OC(C)(C)C=C3. The Morgan fingerprint density at radius 3 is 2.53 bits per heavy atom. The second kappa shape index (κ2) is 6.47. The number of rotatable bonds is 1. The van der Waals surface area contributed by atoms with Gasteiger partial charge in [-0.25, -0.2) is 4.79 Å². The number of fused-ring (bicyclic) bond motifs is 6. The molecule has 1 N–H and O–H groups in total. The molecule has 0 fully saturated rings. The molecule has 1 aromatic heterocycles. The van der Waals surface area contributed by atoms with Crippen LogP contribution >= 0.6 is 0 Å². The van der Waals surface area contributed by atoms with Crippen molar-refractivity contribution in [3.8, 4) is 22.6 Å². The van der Waals surface area contributed by atoms with E-state index < -0.39 is 17.3 Å². The van der Waals surface area contributed by atoms with Crippen LogP contribution in [0.4, 0.5) is 0 Å². The van der Waals surface area contributed by atoms with E-state index in [1.165, 1.54) is 6.07 Å². The van der Waals surface area contributed by atoms with Gasteiger partial charge < -0.3 is 19.0 Å². The summed E-state index contributed by atoms with van der Waals surface area (Å²) in [5.41, 5.74) is 2.18. The maximum Gasteiger partial charge on any atom is 0.336 e. The number of hydrogen-bond acceptors (Lipinski definition) is 5. The van der Waals surface area contributed by atoms with Crippen molar-refractivity contribution < 1.29 is 19.0 Å². The lowest BCUT2D eigenvalue weighted by atomic mass is 9.84. The maximum atomic E-state index is 12.6. The van der Waals surface area contributed by atoms with Crippen LogP contribution < -0.4 is 15.1 Å². The van der Waals surface area contributed by atoms with Crippen LogP contribution in [0.3, 0.4) is 0 Å². The van der Waals surface area contributed by atoms with E-state index in [0.29, 0.717) is 33.6 Å². The standard InChI is InChI=1S/C25H24O5/c1-13-14(2)28-22-16-10-11-25(3,4)30-23(16)19-17(15-8-6-5-7-9-15)12-18(26)29-24(19)20(22)21(13)27/h5-14,21,27H,1-4H3/t13-,14+,21-/m1/s1. The smallest absolute Gasteiger partial charge is 0.336 e. The zero-order valence-electron chi connectivity index (χ0n) is 17.4. The molecule has 0 spiro atoms. The first-order chi connectivity index (χ1) is 14.3. The van der Waals surface area contributed by atoms with E-state index in [2.05, 4.69) is 0 Å². The van der Waals surface area contributed by atoms with Gasteiger partial charge in [0.25, 0.3) is 0 Å². The third-order valence-corrected chi connectivity index (χ3v) is 6.11. The highest BCUT2D eigenvalue weighted by molar-refractivity contribution is 6.04. The van der Waals surface area contributed by atoms with Gasteiger partial charge >= 0.3 is 5.63 Å². The summed E-state index contributed by atoms with van der Waals surface area (Å²) in [5.74, 6) is 0.970. The summed E-state index contributed by atoms with van der Waals surface area (Å²) in [6.45, 7) is 7.80. The Morgan fingerprint density at radius 2 is 1.80 bits per heavy atom. The molecule has 2 aliphatic heterocycles. The molecule has 2 aliphatic rings. The fraction of sp³-hybridized carbons (Fsp3) is 0.320. The van der Waals surface area contributed by atoms with E-state index in [1.54, 1.807) is 0 Å². The molecule has 0 saturated carbocycles. The zero-order chi connectivity index (χ0) is 21.2. The minimum Gasteiger partial charge on any atom is -0.489 e. The van der Waals surface area contributed by atoms with Crippen LogP contribution in [-0.4, -0.2) is 16.8 Å². The third kappa shape index (κ3) is 2.76. The summed E-state index contributed by atoms with van der Waals surface area (Å²) in [6.07, 6.45) is 2.93. The van der Waals surface area contributed by atoms with Crippen molar-refractivity contribution in [3.63, 3.8) is 0 Å². The lowest BCUT2D eigenvalue weighted by Gasteiger charge is -2.37. The second-order valence-electron chi connectivity index (χ2n) is 8.70. The first kappa shape index (κ1) is 18.9. The van der Waals surface area contributed by atoms with Crippen LogP contribution in [-0.2, 0) is 0 Å². The minimum atomic E-state index is -0.825. The Bertz CT molecular complexity index is 1240. The highest BCUT2D eigenvalue weighted by Crippen LogP contribution is 2.53. The second-order valence-corrected chi connectivity index (χ2v) is 8.70. The quantitative estimate of drug-likeness (QED) is 0.572. The maximum absolute atomic E-state index is 12.6. The van der Waals surface area contributed by atoms with Crippen LogP contribution in [0.2, 0.25) is 0 Å². The zero-order valence-corrected chi connectivity index (χ0v) is 17.4. The molecule has 5 heteroatoms. The Balaban J connectivity index is 1.97. The lowest BCUT2D eigenvalue weighted by Crippen LogP contribution is -2.34. The van der Waals surface area contributed by atoms with Gasteiger partial charge in [-0.15, -0.1) is 0 Å². The molecule has 0 amide bonds. The molecule has 2 aromatic carbocycles. The predicted octanol–water partition coefficient (Wildman–Crippen LogP) is 5.09. The summed E-state index contributed by atoms with van der Waals surface area (Å²) >= 11 is 0. The average Bonchev–Trinajstić information content (AvgIpc) is 2.71. The number of benzene rings is 2. The van der Waals surface area contributed by atoms with Crippen LogP contribution in [0.5, 0.6) is 11.5 Å². The minimum absolute atomic E-state index is 0.158. The average molecular weight is 404 g/mol. The van der Waals surface area contributed by atoms with E-state index in [9.17, 15) is 9.90 Å². The molecule has 3 atom stereocenters. The number of ether oxygens (including phenoxy) is 2. The van der Waals surface area contributed by atoms with Gasteiger partial charge in [0, 0.05) is 17.5 Å². The first-order valence-corrected chi connectivity index (χ1v) is 10.2. The van der Waals surface area contributed by atoms with E-state index in [0.717, 1.165) is 11.1 Å². The summed E-state index contributed by atoms with van der Waals surface area (Å²) in [4.78, 5) is 12.6. The highest BCUT2D eigenvalue weighted by Gasteiger charge is 2.40. The monoisotopic (exact) mass is 404 g/mol. The molecule has 5 rings (SSSR count). The van der Waals surface area contributed by atoms with Crippen LogP contribution in [0.1, 0.15) is 44.9 Å². The molecule has 0 bridgehead atoms. The van der Waals surface area contributed by atoms with E-state index in [-0.39, 0.29) is 12.0 Å². The van der Waals surface area contributed by atoms with Gasteiger partial charge in [-0.3, -0.25) is 0 Å². The highest BCUT2D eigenvalue weighted by atomic mass is 16.5. The van der Waals surface area contributed by atoms with Crippen LogP contribution in [0, 0.1) is 5.92 Å². The summed E-state index contributed by atoms with van der Waals surface area (Å²) in [7, 11) is 0. The summed E-state index contributed by atoms with van der Waals surface area (Å²) in [5, 5.41) is 11.8. The molecule has 154 valence electrons. The molecule has 0 aliphatic carbocycles. The van der Waals surface area contributed by atoms with Crippen molar-refractivity contribution in [2.45, 2.75) is 45.5 Å². The van der Waals surface area contributed by atoms with Crippen molar-refractivity contribution in [1.29, 1.82) is 0 Å². The van der Waals surface area contributed by atoms with Gasteiger partial charge in [0.2, 0.25) is 0 Å². The van der Waals surface area contributed by atoms with Crippen molar-refractivity contribution in [2.75, 3.05) is 0 Å². The van der Waals surface area contributed by atoms with Crippen LogP contribution in [0.15, 0.2) is 51.7 Å². The molecule has 3 aromatic rings. The van der Waals surface area contributed by atoms with Crippen molar-refractivity contribution in [2.24, 2.45) is 5.92 Å². The van der Waals surface area contributed by atoms with Gasteiger partial charge in [0.1, 0.15) is 23.2 Å². The summed E-state index contributed by atoms with van der Waals surface area (Å²) < 4.78 is 18.3. The van der Waals surface area contributed by atoms with Crippen molar-refractivity contribution in [3.05, 3.63) is 64.0 Å². The molecule has 30 heavy (non-hydrogen) atoms. The number of aliphatic hydroxyl groups excluding tert-OH is 1. The molecular weight excluding hydrogens is 380 g/mol. The van der Waals surface area contributed by atoms with Gasteiger partial charge in [-0.05, 0) is 38.5 Å². The van der Waals surface area contributed by atoms with E-state index in [4.69, 9.17) is 13.9 Å². The van der Waals surface area contributed by atoms with E-state index in [1.807, 2.05) is 70.2 Å². The Hall–Kier alpha value is -3.05. The van der Waals surface area contributed by atoms with Crippen molar-refractivity contribution >= 4 is 17.0 Å². The predicted molar refractivity (Wildman–Crippen MR) is 116 cm³/mol. The normalized spacial score (nSPS) is 24.0. The number of hydrogen-bond donors (Lipinski definition) is 1. The Labute approximate surface area is 174 Å². The Morgan fingerprint density at radius 1 is 1.07 bits per heavy atom. The number of aliphatic hydroxyl groups is 1. The fourth-order valence-corrected chi connectivity index (χ4v) is 4.29. The fourth-order valence-electron chi connectivity index (χ4n) is 4.29. The van der Waals surface area contributed by atoms with Crippen LogP contribution in [0.25, 0.3) is 28.2 Å². The van der Waals surface area contributed by atoms with Gasteiger partial charge in [-0.2, -0.15) is 0 Å². The molecular formula is C25H24O5. The third-order valence-electron chi connectivity index (χ3n) is 6.11. The summed E-state index contributed by atoms with van der Waals surface area (Å²) in [6, 6.07) is 11.2. The lowest BCUT2D eigenvalue weighted by molar-refractivity contribution is 0.0173. The van der Waals surface area contributed by atoms with Crippen molar-refractivity contribution in [1.82, 2.24) is 0 Å². The largest absolute Gasteiger partial charge is 0.489 e. The van der Waals surface area contributed by atoms with Gasteiger partial charge in [0.05, 0.1) is 22.6 Å². The van der Waals surface area contributed by atoms with Gasteiger partial charge in [-0.1, -0.05) is 37.3 Å². The molecule has 0 saturated heterocycles. The topological polar surface area (TPSA) is 68.9 Å². The molecule has 5 nitrogen and oxygen atoms in total. The van der Waals surface area contributed by atoms with Gasteiger partial charge in [0.15, 0.2) is 5.58 Å². The van der Waals surface area contributed by atoms with E-state index >= 15 is 0 Å². The molecule has 0 radical (unpaired) electrons. The molecule has 0 unspecified atom stereocenters. The Kier molecular flexibility index (Phi) is 4.09. The first-order valence-electron chi connectivity index (χ1n) is 10.2.